The normalized spacial score (nSPS) is 16.4. The molecule has 0 spiro atoms. The number of benzene rings is 2. The maximum Gasteiger partial charge on any atom is 0.329 e. The third kappa shape index (κ3) is 6.83. The average molecular weight is 534 g/mol. The topological polar surface area (TPSA) is 120 Å². The van der Waals surface area contributed by atoms with E-state index in [-0.39, 0.29) is 42.5 Å². The van der Waals surface area contributed by atoms with Crippen LogP contribution < -0.4 is 16.0 Å². The van der Waals surface area contributed by atoms with Gasteiger partial charge in [-0.05, 0) is 56.0 Å². The number of amides is 4. The van der Waals surface area contributed by atoms with Gasteiger partial charge in [0.2, 0.25) is 0 Å². The maximum absolute atomic E-state index is 14.3. The molecule has 4 rings (SSSR count). The molecule has 0 saturated carbocycles. The number of fused-ring (bicyclic) bond motifs is 1. The second-order valence-corrected chi connectivity index (χ2v) is 9.96. The van der Waals surface area contributed by atoms with Gasteiger partial charge >= 0.3 is 6.03 Å². The first kappa shape index (κ1) is 27.8. The predicted octanol–water partition coefficient (Wildman–Crippen LogP) is 3.90. The molecule has 4 amide bonds. The smallest absolute Gasteiger partial charge is 0.329 e. The van der Waals surface area contributed by atoms with Gasteiger partial charge in [-0.15, -0.1) is 0 Å². The second-order valence-electron chi connectivity index (χ2n) is 9.96. The Morgan fingerprint density at radius 1 is 1.08 bits per heavy atom. The highest BCUT2D eigenvalue weighted by Gasteiger charge is 2.39. The third-order valence-corrected chi connectivity index (χ3v) is 6.53. The van der Waals surface area contributed by atoms with E-state index in [9.17, 15) is 23.6 Å². The summed E-state index contributed by atoms with van der Waals surface area (Å²) in [5.74, 6) is -2.38. The Morgan fingerprint density at radius 3 is 2.59 bits per heavy atom. The Morgan fingerprint density at radius 2 is 1.82 bits per heavy atom. The zero-order chi connectivity index (χ0) is 27.9. The molecule has 1 aliphatic heterocycles. The molecule has 0 bridgehead atoms. The van der Waals surface area contributed by atoms with E-state index in [1.807, 2.05) is 32.0 Å². The number of nitrogens with zero attached hydrogens (tertiary/aromatic N) is 2. The van der Waals surface area contributed by atoms with Crippen LogP contribution in [0.5, 0.6) is 0 Å². The van der Waals surface area contributed by atoms with Crippen molar-refractivity contribution < 1.29 is 23.6 Å². The van der Waals surface area contributed by atoms with E-state index in [2.05, 4.69) is 20.9 Å². The van der Waals surface area contributed by atoms with Crippen LogP contribution in [-0.4, -0.2) is 58.7 Å². The van der Waals surface area contributed by atoms with Crippen LogP contribution in [0.4, 0.5) is 14.9 Å². The van der Waals surface area contributed by atoms with Gasteiger partial charge in [-0.2, -0.15) is 0 Å². The fourth-order valence-electron chi connectivity index (χ4n) is 4.60. The summed E-state index contributed by atoms with van der Waals surface area (Å²) in [6.45, 7) is 4.30. The summed E-state index contributed by atoms with van der Waals surface area (Å²) in [5.41, 5.74) is 0.621. The lowest BCUT2D eigenvalue weighted by atomic mass is 9.99. The average Bonchev–Trinajstić information content (AvgIpc) is 3.13. The number of aromatic nitrogens is 1. The first-order valence-electron chi connectivity index (χ1n) is 13.0. The number of rotatable bonds is 7. The fraction of sp³-hybridized carbons (Fsp3) is 0.345. The molecule has 2 aromatic carbocycles. The molecule has 2 heterocycles. The molecule has 1 fully saturated rings. The molecule has 0 radical (unpaired) electrons. The molecule has 204 valence electrons. The molecule has 3 aromatic rings. The maximum atomic E-state index is 14.3. The zero-order valence-corrected chi connectivity index (χ0v) is 21.9. The number of hydrogen-bond donors (Lipinski definition) is 3. The Labute approximate surface area is 226 Å². The number of Topliss-reactive ketones (excluding diaryl/α,β-unsaturated/α-hetero) is 1. The third-order valence-electron chi connectivity index (χ3n) is 6.53. The molecule has 39 heavy (non-hydrogen) atoms. The monoisotopic (exact) mass is 533 g/mol. The van der Waals surface area contributed by atoms with Gasteiger partial charge in [0.15, 0.2) is 5.78 Å². The number of hydrogen-bond acceptors (Lipinski definition) is 6. The highest BCUT2D eigenvalue weighted by molar-refractivity contribution is 6.08. The van der Waals surface area contributed by atoms with Crippen molar-refractivity contribution in [3.63, 3.8) is 0 Å². The van der Waals surface area contributed by atoms with E-state index in [1.54, 1.807) is 24.3 Å². The summed E-state index contributed by atoms with van der Waals surface area (Å²) in [6, 6.07) is 13.1. The van der Waals surface area contributed by atoms with Gasteiger partial charge in [-0.3, -0.25) is 19.3 Å². The highest BCUT2D eigenvalue weighted by Crippen LogP contribution is 2.20. The minimum absolute atomic E-state index is 0.0103. The standard InChI is InChI=1S/C29H32FN5O4/c1-18(2)16-24(33-27(37)23-14-13-19-8-3-5-10-21(19)32-23)28(38)35(25-12-7-15-31-17-26(25)36)29(39)34-22-11-6-4-9-20(22)30/h3-6,8-11,13-14,18,24-25,31H,7,12,15-17H2,1-2H3,(H,33,37)(H,34,39)/t24?,25-/m0/s1. The first-order valence-corrected chi connectivity index (χ1v) is 13.0. The molecule has 1 unspecified atom stereocenters. The summed E-state index contributed by atoms with van der Waals surface area (Å²) < 4.78 is 14.3. The number of imide groups is 1. The summed E-state index contributed by atoms with van der Waals surface area (Å²) in [4.78, 5) is 59.0. The highest BCUT2D eigenvalue weighted by atomic mass is 19.1. The predicted molar refractivity (Wildman–Crippen MR) is 146 cm³/mol. The number of carbonyl (C=O) groups excluding carboxylic acids is 4. The summed E-state index contributed by atoms with van der Waals surface area (Å²) in [6.07, 6.45) is 1.01. The van der Waals surface area contributed by atoms with Crippen LogP contribution in [0.1, 0.15) is 43.6 Å². The van der Waals surface area contributed by atoms with Crippen molar-refractivity contribution in [3.8, 4) is 0 Å². The number of pyridine rings is 1. The lowest BCUT2D eigenvalue weighted by Gasteiger charge is -2.32. The van der Waals surface area contributed by atoms with Crippen molar-refractivity contribution in [1.29, 1.82) is 0 Å². The van der Waals surface area contributed by atoms with Gasteiger partial charge in [0.05, 0.1) is 17.7 Å². The van der Waals surface area contributed by atoms with Crippen molar-refractivity contribution in [1.82, 2.24) is 20.5 Å². The van der Waals surface area contributed by atoms with Crippen molar-refractivity contribution in [3.05, 3.63) is 72.2 Å². The van der Waals surface area contributed by atoms with E-state index in [0.29, 0.717) is 18.5 Å². The molecule has 1 saturated heterocycles. The van der Waals surface area contributed by atoms with Gasteiger partial charge in [0.25, 0.3) is 11.8 Å². The van der Waals surface area contributed by atoms with E-state index in [0.717, 1.165) is 10.3 Å². The van der Waals surface area contributed by atoms with Crippen LogP contribution in [-0.2, 0) is 9.59 Å². The van der Waals surface area contributed by atoms with Crippen LogP contribution in [0.15, 0.2) is 60.7 Å². The van der Waals surface area contributed by atoms with E-state index in [1.165, 1.54) is 18.2 Å². The molecule has 9 nitrogen and oxygen atoms in total. The number of carbonyl (C=O) groups is 4. The Hall–Kier alpha value is -4.18. The van der Waals surface area contributed by atoms with Crippen LogP contribution in [0.25, 0.3) is 10.9 Å². The number of halogens is 1. The van der Waals surface area contributed by atoms with Gasteiger partial charge in [-0.1, -0.05) is 50.2 Å². The Kier molecular flexibility index (Phi) is 8.98. The van der Waals surface area contributed by atoms with Crippen molar-refractivity contribution in [2.45, 2.75) is 45.2 Å². The second kappa shape index (κ2) is 12.6. The van der Waals surface area contributed by atoms with Crippen LogP contribution in [0, 0.1) is 11.7 Å². The molecular formula is C29H32FN5O4. The van der Waals surface area contributed by atoms with Gasteiger partial charge in [0.1, 0.15) is 23.6 Å². The zero-order valence-electron chi connectivity index (χ0n) is 21.9. The molecule has 3 N–H and O–H groups in total. The lowest BCUT2D eigenvalue weighted by Crippen LogP contribution is -2.58. The van der Waals surface area contributed by atoms with Crippen molar-refractivity contribution in [2.75, 3.05) is 18.4 Å². The van der Waals surface area contributed by atoms with E-state index in [4.69, 9.17) is 0 Å². The summed E-state index contributed by atoms with van der Waals surface area (Å²) in [7, 11) is 0. The molecule has 1 aromatic heterocycles. The quantitative estimate of drug-likeness (QED) is 0.424. The molecular weight excluding hydrogens is 501 g/mol. The lowest BCUT2D eigenvalue weighted by molar-refractivity contribution is -0.137. The van der Waals surface area contributed by atoms with Gasteiger partial charge in [-0.25, -0.2) is 14.2 Å². The molecule has 0 aliphatic carbocycles. The number of nitrogens with one attached hydrogen (secondary N) is 3. The Balaban J connectivity index is 1.65. The summed E-state index contributed by atoms with van der Waals surface area (Å²) >= 11 is 0. The van der Waals surface area contributed by atoms with Crippen molar-refractivity contribution >= 4 is 40.2 Å². The molecule has 10 heteroatoms. The number of urea groups is 1. The number of anilines is 1. The van der Waals surface area contributed by atoms with Crippen LogP contribution in [0.2, 0.25) is 0 Å². The number of para-hydroxylation sites is 2. The number of ketones is 1. The van der Waals surface area contributed by atoms with Gasteiger partial charge in [0, 0.05) is 5.39 Å². The van der Waals surface area contributed by atoms with Gasteiger partial charge < -0.3 is 16.0 Å². The summed E-state index contributed by atoms with van der Waals surface area (Å²) in [5, 5.41) is 9.02. The van der Waals surface area contributed by atoms with Crippen molar-refractivity contribution in [2.24, 2.45) is 5.92 Å². The van der Waals surface area contributed by atoms with E-state index < -0.39 is 35.7 Å². The first-order chi connectivity index (χ1) is 18.7. The van der Waals surface area contributed by atoms with Crippen LogP contribution >= 0.6 is 0 Å². The van der Waals surface area contributed by atoms with Crippen LogP contribution in [0.3, 0.4) is 0 Å². The Bertz CT molecular complexity index is 1380. The molecule has 2 atom stereocenters. The minimum atomic E-state index is -1.12. The fourth-order valence-corrected chi connectivity index (χ4v) is 4.60. The minimum Gasteiger partial charge on any atom is -0.339 e. The SMILES string of the molecule is CC(C)CC(NC(=O)c1ccc2ccccc2n1)C(=O)N(C(=O)Nc1ccccc1F)[C@H]1CCCNCC1=O. The largest absolute Gasteiger partial charge is 0.339 e. The van der Waals surface area contributed by atoms with E-state index >= 15 is 0 Å². The molecule has 1 aliphatic rings.